The molecular weight excluding hydrogens is 343 g/mol. The first-order valence-corrected chi connectivity index (χ1v) is 8.87. The second-order valence-electron chi connectivity index (χ2n) is 6.58. The Kier molecular flexibility index (Phi) is 4.77. The minimum atomic E-state index is -0.245. The molecule has 0 fully saturated rings. The van der Waals surface area contributed by atoms with Crippen LogP contribution in [0.15, 0.2) is 60.8 Å². The average Bonchev–Trinajstić information content (AvgIpc) is 2.72. The zero-order chi connectivity index (χ0) is 18.8. The Morgan fingerprint density at radius 2 is 1.89 bits per heavy atom. The van der Waals surface area contributed by atoms with Crippen molar-refractivity contribution in [2.45, 2.75) is 18.5 Å². The number of benzene rings is 2. The lowest BCUT2D eigenvalue weighted by Gasteiger charge is -2.34. The number of rotatable bonds is 4. The van der Waals surface area contributed by atoms with Gasteiger partial charge < -0.3 is 9.47 Å². The molecule has 0 amide bonds. The molecule has 0 saturated carbocycles. The Balaban J connectivity index is 1.81. The van der Waals surface area contributed by atoms with Crippen LogP contribution in [0.25, 0.3) is 0 Å². The third-order valence-electron chi connectivity index (χ3n) is 5.00. The van der Waals surface area contributed by atoms with Crippen LogP contribution in [0.5, 0.6) is 11.6 Å². The van der Waals surface area contributed by atoms with Crippen molar-refractivity contribution in [1.82, 2.24) is 10.3 Å². The molecule has 4 rings (SSSR count). The summed E-state index contributed by atoms with van der Waals surface area (Å²) in [5.41, 5.74) is 4.16. The molecule has 1 aliphatic rings. The molecule has 0 unspecified atom stereocenters. The Morgan fingerprint density at radius 3 is 2.67 bits per heavy atom. The lowest BCUT2D eigenvalue weighted by Crippen LogP contribution is -2.34. The van der Waals surface area contributed by atoms with Crippen molar-refractivity contribution in [2.75, 3.05) is 14.2 Å². The van der Waals surface area contributed by atoms with E-state index in [1.807, 2.05) is 30.3 Å². The second kappa shape index (κ2) is 7.37. The van der Waals surface area contributed by atoms with E-state index in [9.17, 15) is 4.39 Å². The maximum absolute atomic E-state index is 13.9. The van der Waals surface area contributed by atoms with Crippen molar-refractivity contribution in [2.24, 2.45) is 0 Å². The van der Waals surface area contributed by atoms with Gasteiger partial charge in [-0.05, 0) is 53.4 Å². The number of fused-ring (bicyclic) bond motifs is 1. The fourth-order valence-corrected chi connectivity index (χ4v) is 3.74. The van der Waals surface area contributed by atoms with Gasteiger partial charge in [0.15, 0.2) is 0 Å². The van der Waals surface area contributed by atoms with Crippen LogP contribution in [0.4, 0.5) is 4.39 Å². The van der Waals surface area contributed by atoms with Gasteiger partial charge in [-0.1, -0.05) is 24.3 Å². The number of hydrogen-bond donors (Lipinski definition) is 1. The lowest BCUT2D eigenvalue weighted by molar-refractivity contribution is 0.371. The molecule has 0 bridgehead atoms. The topological polar surface area (TPSA) is 43.4 Å². The highest BCUT2D eigenvalue weighted by atomic mass is 19.1. The van der Waals surface area contributed by atoms with Crippen LogP contribution in [-0.2, 0) is 6.42 Å². The highest BCUT2D eigenvalue weighted by molar-refractivity contribution is 5.46. The molecule has 1 N–H and O–H groups in total. The van der Waals surface area contributed by atoms with E-state index in [0.29, 0.717) is 5.88 Å². The van der Waals surface area contributed by atoms with Gasteiger partial charge in [0.05, 0.1) is 20.3 Å². The molecule has 2 heterocycles. The molecule has 0 radical (unpaired) electrons. The van der Waals surface area contributed by atoms with E-state index in [-0.39, 0.29) is 17.9 Å². The van der Waals surface area contributed by atoms with E-state index in [4.69, 9.17) is 9.47 Å². The first-order valence-electron chi connectivity index (χ1n) is 8.87. The molecule has 0 aliphatic carbocycles. The number of methoxy groups -OCH3 is 2. The van der Waals surface area contributed by atoms with E-state index in [2.05, 4.69) is 16.4 Å². The number of hydrogen-bond acceptors (Lipinski definition) is 4. The molecule has 1 aromatic heterocycles. The van der Waals surface area contributed by atoms with Crippen LogP contribution in [0, 0.1) is 5.82 Å². The van der Waals surface area contributed by atoms with Crippen LogP contribution in [-0.4, -0.2) is 19.2 Å². The lowest BCUT2D eigenvalue weighted by atomic mass is 9.84. The van der Waals surface area contributed by atoms with Crippen molar-refractivity contribution in [3.8, 4) is 11.6 Å². The van der Waals surface area contributed by atoms with Gasteiger partial charge in [0.1, 0.15) is 11.6 Å². The summed E-state index contributed by atoms with van der Waals surface area (Å²) >= 11 is 0. The van der Waals surface area contributed by atoms with Crippen LogP contribution in [0.1, 0.15) is 34.3 Å². The minimum absolute atomic E-state index is 0.0125. The molecule has 27 heavy (non-hydrogen) atoms. The largest absolute Gasteiger partial charge is 0.497 e. The number of pyridine rings is 1. The minimum Gasteiger partial charge on any atom is -0.497 e. The van der Waals surface area contributed by atoms with Crippen LogP contribution >= 0.6 is 0 Å². The summed E-state index contributed by atoms with van der Waals surface area (Å²) in [6.07, 6.45) is 2.48. The Morgan fingerprint density at radius 1 is 1.00 bits per heavy atom. The van der Waals surface area contributed by atoms with Gasteiger partial charge in [-0.15, -0.1) is 0 Å². The number of halogens is 1. The summed E-state index contributed by atoms with van der Waals surface area (Å²) in [5, 5.41) is 3.65. The van der Waals surface area contributed by atoms with Gasteiger partial charge in [-0.25, -0.2) is 9.37 Å². The predicted molar refractivity (Wildman–Crippen MR) is 102 cm³/mol. The Hall–Kier alpha value is -2.92. The fraction of sp³-hybridized carbons (Fsp3) is 0.227. The first-order chi connectivity index (χ1) is 13.2. The van der Waals surface area contributed by atoms with Crippen LogP contribution < -0.4 is 14.8 Å². The molecular formula is C22H21FN2O2. The summed E-state index contributed by atoms with van der Waals surface area (Å²) < 4.78 is 24.7. The number of ether oxygens (including phenoxy) is 2. The van der Waals surface area contributed by atoms with Crippen LogP contribution in [0.2, 0.25) is 0 Å². The monoisotopic (exact) mass is 364 g/mol. The van der Waals surface area contributed by atoms with E-state index in [1.165, 1.54) is 11.6 Å². The SMILES string of the molecule is COc1ccc2c(c1)C[C@@H](c1cccnc1OC)N[C@H]2c1cccc(F)c1. The summed E-state index contributed by atoms with van der Waals surface area (Å²) in [6.45, 7) is 0. The van der Waals surface area contributed by atoms with Gasteiger partial charge >= 0.3 is 0 Å². The maximum Gasteiger partial charge on any atom is 0.217 e. The van der Waals surface area contributed by atoms with E-state index in [0.717, 1.165) is 28.9 Å². The zero-order valence-electron chi connectivity index (χ0n) is 15.3. The average molecular weight is 364 g/mol. The van der Waals surface area contributed by atoms with Crippen molar-refractivity contribution >= 4 is 0 Å². The highest BCUT2D eigenvalue weighted by Crippen LogP contribution is 2.39. The fourth-order valence-electron chi connectivity index (χ4n) is 3.74. The molecule has 2 aromatic carbocycles. The molecule has 1 aliphatic heterocycles. The molecule has 138 valence electrons. The van der Waals surface area contributed by atoms with Crippen molar-refractivity contribution in [3.63, 3.8) is 0 Å². The summed E-state index contributed by atoms with van der Waals surface area (Å²) in [6, 6.07) is 16.5. The predicted octanol–water partition coefficient (Wildman–Crippen LogP) is 4.21. The second-order valence-corrected chi connectivity index (χ2v) is 6.58. The Labute approximate surface area is 158 Å². The third-order valence-corrected chi connectivity index (χ3v) is 5.00. The van der Waals surface area contributed by atoms with Gasteiger partial charge in [-0.3, -0.25) is 5.32 Å². The molecule has 5 heteroatoms. The van der Waals surface area contributed by atoms with E-state index < -0.39 is 0 Å². The zero-order valence-corrected chi connectivity index (χ0v) is 15.3. The normalized spacial score (nSPS) is 18.6. The molecule has 2 atom stereocenters. The molecule has 3 aromatic rings. The number of aromatic nitrogens is 1. The van der Waals surface area contributed by atoms with Gasteiger partial charge in [0, 0.05) is 17.8 Å². The first kappa shape index (κ1) is 17.5. The molecule has 0 saturated heterocycles. The van der Waals surface area contributed by atoms with Gasteiger partial charge in [-0.2, -0.15) is 0 Å². The molecule has 0 spiro atoms. The smallest absolute Gasteiger partial charge is 0.217 e. The van der Waals surface area contributed by atoms with Crippen molar-refractivity contribution in [1.29, 1.82) is 0 Å². The van der Waals surface area contributed by atoms with Crippen molar-refractivity contribution < 1.29 is 13.9 Å². The summed E-state index contributed by atoms with van der Waals surface area (Å²) in [5.74, 6) is 1.16. The third kappa shape index (κ3) is 3.38. The Bertz CT molecular complexity index is 961. The van der Waals surface area contributed by atoms with Crippen molar-refractivity contribution in [3.05, 3.63) is 88.9 Å². The maximum atomic E-state index is 13.9. The highest BCUT2D eigenvalue weighted by Gasteiger charge is 2.30. The van der Waals surface area contributed by atoms with Gasteiger partial charge in [0.25, 0.3) is 0 Å². The van der Waals surface area contributed by atoms with E-state index >= 15 is 0 Å². The standard InChI is InChI=1S/C22H21FN2O2/c1-26-17-8-9-18-15(12-17)13-20(19-7-4-10-24-22(19)27-2)25-21(18)14-5-3-6-16(23)11-14/h3-12,20-21,25H,13H2,1-2H3/t20-,21-/m0/s1. The quantitative estimate of drug-likeness (QED) is 0.753. The van der Waals surface area contributed by atoms with Crippen LogP contribution in [0.3, 0.4) is 0 Å². The van der Waals surface area contributed by atoms with Gasteiger partial charge in [0.2, 0.25) is 5.88 Å². The summed E-state index contributed by atoms with van der Waals surface area (Å²) in [7, 11) is 3.28. The number of nitrogens with one attached hydrogen (secondary N) is 1. The summed E-state index contributed by atoms with van der Waals surface area (Å²) in [4.78, 5) is 4.33. The molecule has 4 nitrogen and oxygen atoms in total. The van der Waals surface area contributed by atoms with E-state index in [1.54, 1.807) is 32.5 Å². The number of nitrogens with zero attached hydrogens (tertiary/aromatic N) is 1.